The number of nitrogens with zero attached hydrogens (tertiary/aromatic N) is 3. The molecule has 0 aliphatic heterocycles. The lowest BCUT2D eigenvalue weighted by molar-refractivity contribution is -0.192. The number of H-pyrrole nitrogens is 1. The Hall–Kier alpha value is -3.91. The fraction of sp³-hybridized carbons (Fsp3) is 0.217. The summed E-state index contributed by atoms with van der Waals surface area (Å²) in [6.45, 7) is 0.113. The van der Waals surface area contributed by atoms with Gasteiger partial charge >= 0.3 is 18.3 Å². The van der Waals surface area contributed by atoms with Crippen LogP contribution in [0.2, 0.25) is 5.15 Å². The Morgan fingerprint density at radius 1 is 1.11 bits per heavy atom. The number of pyridine rings is 2. The number of aromatic amines is 1. The number of carboxylic acids is 1. The minimum atomic E-state index is -5.08. The van der Waals surface area contributed by atoms with Crippen LogP contribution in [0.1, 0.15) is 11.1 Å². The number of hydrogen-bond acceptors (Lipinski definition) is 6. The molecule has 4 rings (SSSR count). The van der Waals surface area contributed by atoms with Crippen molar-refractivity contribution in [3.8, 4) is 17.0 Å². The van der Waals surface area contributed by atoms with E-state index in [4.69, 9.17) is 32.0 Å². The number of carbonyl (C=O) groups is 1. The van der Waals surface area contributed by atoms with E-state index >= 15 is 0 Å². The molecule has 0 saturated carbocycles. The molecule has 3 aromatic heterocycles. The lowest BCUT2D eigenvalue weighted by atomic mass is 10.0. The molecule has 15 heteroatoms. The van der Waals surface area contributed by atoms with Crippen molar-refractivity contribution in [1.82, 2.24) is 20.2 Å². The second-order valence-electron chi connectivity index (χ2n) is 7.81. The predicted octanol–water partition coefficient (Wildman–Crippen LogP) is 5.27. The zero-order valence-electron chi connectivity index (χ0n) is 19.0. The molecule has 0 bridgehead atoms. The van der Waals surface area contributed by atoms with Crippen LogP contribution < -0.4 is 10.5 Å². The summed E-state index contributed by atoms with van der Waals surface area (Å²) in [5.74, 6) is -2.29. The molecule has 0 fully saturated rings. The Morgan fingerprint density at radius 2 is 1.82 bits per heavy atom. The van der Waals surface area contributed by atoms with Crippen LogP contribution in [-0.2, 0) is 17.4 Å². The van der Waals surface area contributed by atoms with E-state index in [2.05, 4.69) is 20.2 Å². The maximum atomic E-state index is 12.9. The molecule has 0 aliphatic carbocycles. The van der Waals surface area contributed by atoms with Crippen LogP contribution in [0.3, 0.4) is 0 Å². The van der Waals surface area contributed by atoms with Crippen LogP contribution in [0.4, 0.5) is 26.3 Å². The summed E-state index contributed by atoms with van der Waals surface area (Å²) < 4.78 is 76.0. The van der Waals surface area contributed by atoms with E-state index < -0.39 is 29.9 Å². The molecule has 8 nitrogen and oxygen atoms in total. The number of benzene rings is 1. The Bertz CT molecular complexity index is 1410. The van der Waals surface area contributed by atoms with Gasteiger partial charge in [0.05, 0.1) is 23.7 Å². The van der Waals surface area contributed by atoms with Gasteiger partial charge in [-0.05, 0) is 30.2 Å². The van der Waals surface area contributed by atoms with Crippen molar-refractivity contribution in [2.75, 3.05) is 6.61 Å². The number of fused-ring (bicyclic) bond motifs is 1. The molecule has 3 heterocycles. The van der Waals surface area contributed by atoms with Gasteiger partial charge in [0.1, 0.15) is 23.0 Å². The van der Waals surface area contributed by atoms with Gasteiger partial charge < -0.3 is 15.6 Å². The van der Waals surface area contributed by atoms with Crippen molar-refractivity contribution in [2.24, 2.45) is 5.73 Å². The molecule has 38 heavy (non-hydrogen) atoms. The number of halogens is 7. The van der Waals surface area contributed by atoms with Gasteiger partial charge in [-0.1, -0.05) is 29.8 Å². The van der Waals surface area contributed by atoms with Gasteiger partial charge in [0, 0.05) is 23.2 Å². The van der Waals surface area contributed by atoms with Crippen LogP contribution in [0.25, 0.3) is 22.2 Å². The first-order chi connectivity index (χ1) is 17.7. The molecule has 0 saturated heterocycles. The maximum Gasteiger partial charge on any atom is 0.490 e. The highest BCUT2D eigenvalue weighted by Crippen LogP contribution is 2.30. The number of aliphatic carboxylic acids is 1. The molecule has 0 aliphatic rings. The summed E-state index contributed by atoms with van der Waals surface area (Å²) in [6, 6.07) is 8.17. The van der Waals surface area contributed by atoms with Gasteiger partial charge in [0.25, 0.3) is 0 Å². The number of carboxylic acid groups (broad SMARTS) is 1. The topological polar surface area (TPSA) is 127 Å². The average Bonchev–Trinajstić information content (AvgIpc) is 3.22. The summed E-state index contributed by atoms with van der Waals surface area (Å²) in [5.41, 5.74) is 7.86. The fourth-order valence-corrected chi connectivity index (χ4v) is 3.31. The van der Waals surface area contributed by atoms with Gasteiger partial charge in [-0.2, -0.15) is 31.4 Å². The summed E-state index contributed by atoms with van der Waals surface area (Å²) in [6.07, 6.45) is -4.46. The Morgan fingerprint density at radius 3 is 2.47 bits per heavy atom. The predicted molar refractivity (Wildman–Crippen MR) is 124 cm³/mol. The van der Waals surface area contributed by atoms with Crippen LogP contribution in [0.5, 0.6) is 5.75 Å². The van der Waals surface area contributed by atoms with E-state index in [-0.39, 0.29) is 13.0 Å². The highest BCUT2D eigenvalue weighted by atomic mass is 35.5. The van der Waals surface area contributed by atoms with Crippen molar-refractivity contribution in [2.45, 2.75) is 24.8 Å². The maximum absolute atomic E-state index is 12.9. The summed E-state index contributed by atoms with van der Waals surface area (Å²) >= 11 is 6.09. The van der Waals surface area contributed by atoms with E-state index in [1.165, 1.54) is 12.3 Å². The molecule has 202 valence electrons. The molecular weight excluding hydrogens is 544 g/mol. The number of alkyl halides is 6. The molecule has 0 spiro atoms. The number of rotatable bonds is 6. The van der Waals surface area contributed by atoms with Crippen molar-refractivity contribution in [3.63, 3.8) is 0 Å². The second kappa shape index (κ2) is 11.6. The normalized spacial score (nSPS) is 12.5. The van der Waals surface area contributed by atoms with Crippen LogP contribution in [0.15, 0.2) is 55.0 Å². The number of aromatic nitrogens is 4. The van der Waals surface area contributed by atoms with E-state index in [1.807, 2.05) is 0 Å². The Balaban J connectivity index is 0.000000505. The lowest BCUT2D eigenvalue weighted by Gasteiger charge is -2.15. The molecule has 1 aromatic carbocycles. The standard InChI is InChI=1S/C21H17ClF3N5O.C2HF3O2/c22-20-17-7-18(28-10-19(17)29-30-20)13-6-16(9-27-8-13)31-11-15(26)5-12-2-1-3-14(4-12)21(23,24)25;3-2(4,5)1(6)7/h1-4,6-10,15H,5,11,26H2,(H,29,30);(H,6,7)/t15-;/m0./s1. The monoisotopic (exact) mass is 561 g/mol. The average molecular weight is 562 g/mol. The zero-order valence-corrected chi connectivity index (χ0v) is 19.8. The molecule has 0 radical (unpaired) electrons. The van der Waals surface area contributed by atoms with E-state index in [0.29, 0.717) is 33.2 Å². The molecule has 1 atom stereocenters. The van der Waals surface area contributed by atoms with E-state index in [9.17, 15) is 26.3 Å². The van der Waals surface area contributed by atoms with E-state index in [1.54, 1.807) is 30.6 Å². The van der Waals surface area contributed by atoms with Crippen molar-refractivity contribution in [1.29, 1.82) is 0 Å². The molecular formula is C23H18ClF6N5O3. The second-order valence-corrected chi connectivity index (χ2v) is 8.19. The third-order valence-electron chi connectivity index (χ3n) is 4.86. The number of hydrogen-bond donors (Lipinski definition) is 3. The molecule has 0 amide bonds. The highest BCUT2D eigenvalue weighted by Gasteiger charge is 2.38. The summed E-state index contributed by atoms with van der Waals surface area (Å²) in [5, 5.41) is 15.0. The zero-order chi connectivity index (χ0) is 28.1. The van der Waals surface area contributed by atoms with Gasteiger partial charge in [0.15, 0.2) is 0 Å². The number of ether oxygens (including phenoxy) is 1. The summed E-state index contributed by atoms with van der Waals surface area (Å²) in [7, 11) is 0. The van der Waals surface area contributed by atoms with Gasteiger partial charge in [-0.15, -0.1) is 0 Å². The molecule has 4 N–H and O–H groups in total. The number of nitrogens with two attached hydrogens (primary N) is 1. The van der Waals surface area contributed by atoms with E-state index in [0.717, 1.165) is 17.5 Å². The Kier molecular flexibility index (Phi) is 8.78. The molecule has 0 unspecified atom stereocenters. The van der Waals surface area contributed by atoms with Gasteiger partial charge in [0.2, 0.25) is 0 Å². The first-order valence-electron chi connectivity index (χ1n) is 10.5. The van der Waals surface area contributed by atoms with Crippen LogP contribution in [0, 0.1) is 0 Å². The summed E-state index contributed by atoms with van der Waals surface area (Å²) in [4.78, 5) is 17.4. The SMILES string of the molecule is N[C@H](COc1cncc(-c2cc3c(Cl)[nH]nc3cn2)c1)Cc1cccc(C(F)(F)F)c1.O=C(O)C(F)(F)F. The largest absolute Gasteiger partial charge is 0.490 e. The first-order valence-corrected chi connectivity index (χ1v) is 10.9. The minimum absolute atomic E-state index is 0.113. The lowest BCUT2D eigenvalue weighted by Crippen LogP contribution is -2.30. The van der Waals surface area contributed by atoms with Crippen LogP contribution in [-0.4, -0.2) is 50.1 Å². The number of nitrogens with one attached hydrogen (secondary N) is 1. The minimum Gasteiger partial charge on any atom is -0.490 e. The fourth-order valence-electron chi connectivity index (χ4n) is 3.12. The Labute approximate surface area is 215 Å². The van der Waals surface area contributed by atoms with Crippen molar-refractivity contribution >= 4 is 28.5 Å². The quantitative estimate of drug-likeness (QED) is 0.274. The molecule has 4 aromatic rings. The third-order valence-corrected chi connectivity index (χ3v) is 5.15. The van der Waals surface area contributed by atoms with Gasteiger partial charge in [-0.25, -0.2) is 4.79 Å². The van der Waals surface area contributed by atoms with Crippen LogP contribution >= 0.6 is 11.6 Å². The smallest absolute Gasteiger partial charge is 0.490 e. The highest BCUT2D eigenvalue weighted by molar-refractivity contribution is 6.34. The van der Waals surface area contributed by atoms with Crippen molar-refractivity contribution < 1.29 is 41.0 Å². The van der Waals surface area contributed by atoms with Crippen molar-refractivity contribution in [3.05, 3.63) is 71.3 Å². The van der Waals surface area contributed by atoms with Gasteiger partial charge in [-0.3, -0.25) is 15.1 Å². The first kappa shape index (κ1) is 28.7. The third kappa shape index (κ3) is 7.79.